The zero-order valence-corrected chi connectivity index (χ0v) is 32.5. The number of nitrogens with one attached hydrogen (secondary N) is 3. The van der Waals surface area contributed by atoms with Gasteiger partial charge in [-0.05, 0) is 24.0 Å². The summed E-state index contributed by atoms with van der Waals surface area (Å²) in [5.41, 5.74) is 20.1. The molecule has 0 bridgehead atoms. The van der Waals surface area contributed by atoms with Gasteiger partial charge in [0.1, 0.15) is 74.3 Å². The van der Waals surface area contributed by atoms with E-state index in [-0.39, 0.29) is 39.1 Å². The Morgan fingerprint density at radius 3 is 1.87 bits per heavy atom. The second-order valence-electron chi connectivity index (χ2n) is 14.8. The molecule has 2 aliphatic heterocycles. The number of ether oxygens (including phenoxy) is 6. The molecular formula is C38H56N6O16. The molecule has 22 nitrogen and oxygen atoms in total. The van der Waals surface area contributed by atoms with Crippen LogP contribution in [0.3, 0.4) is 0 Å². The van der Waals surface area contributed by atoms with Crippen LogP contribution in [0.2, 0.25) is 0 Å². The van der Waals surface area contributed by atoms with E-state index >= 15 is 0 Å². The Balaban J connectivity index is 1.23. The van der Waals surface area contributed by atoms with Crippen molar-refractivity contribution in [3.05, 3.63) is 71.8 Å². The molecule has 1 aliphatic carbocycles. The first-order chi connectivity index (χ1) is 28.7. The van der Waals surface area contributed by atoms with Crippen LogP contribution in [-0.4, -0.2) is 171 Å². The van der Waals surface area contributed by atoms with Crippen molar-refractivity contribution in [2.24, 2.45) is 17.2 Å². The van der Waals surface area contributed by atoms with Gasteiger partial charge in [0.05, 0.1) is 24.7 Å². The molecule has 2 aromatic carbocycles. The van der Waals surface area contributed by atoms with E-state index in [0.29, 0.717) is 0 Å². The first-order valence-electron chi connectivity index (χ1n) is 19.5. The highest BCUT2D eigenvalue weighted by molar-refractivity contribution is 5.81. The molecule has 1 saturated carbocycles. The molecule has 0 spiro atoms. The fourth-order valence-electron chi connectivity index (χ4n) is 6.97. The molecule has 2 saturated heterocycles. The minimum absolute atomic E-state index is 0.000461. The van der Waals surface area contributed by atoms with Crippen LogP contribution < -0.4 is 33.2 Å². The van der Waals surface area contributed by atoms with E-state index in [9.17, 15) is 50.1 Å². The maximum absolute atomic E-state index is 13.3. The molecule has 22 heteroatoms. The smallest absolute Gasteiger partial charge is 0.407 e. The topological polar surface area (TPSA) is 362 Å². The number of hydrogen-bond acceptors (Lipinski definition) is 19. The highest BCUT2D eigenvalue weighted by atomic mass is 16.7. The lowest BCUT2D eigenvalue weighted by atomic mass is 9.83. The van der Waals surface area contributed by atoms with Crippen molar-refractivity contribution in [3.63, 3.8) is 0 Å². The lowest BCUT2D eigenvalue weighted by Gasteiger charge is -2.49. The Labute approximate surface area is 344 Å². The average molecular weight is 853 g/mol. The molecule has 0 radical (unpaired) electrons. The lowest BCUT2D eigenvalue weighted by Crippen LogP contribution is -2.70. The molecular weight excluding hydrogens is 796 g/mol. The maximum Gasteiger partial charge on any atom is 0.407 e. The largest absolute Gasteiger partial charge is 0.445 e. The van der Waals surface area contributed by atoms with Crippen molar-refractivity contribution in [1.29, 1.82) is 0 Å². The van der Waals surface area contributed by atoms with E-state index in [1.54, 1.807) is 54.6 Å². The Hall–Kier alpha value is -4.11. The number of aliphatic hydroxyl groups is 7. The van der Waals surface area contributed by atoms with Crippen LogP contribution in [0.15, 0.2) is 60.7 Å². The van der Waals surface area contributed by atoms with Crippen LogP contribution in [-0.2, 0) is 46.4 Å². The van der Waals surface area contributed by atoms with Gasteiger partial charge in [-0.3, -0.25) is 4.79 Å². The number of benzene rings is 2. The van der Waals surface area contributed by atoms with Crippen LogP contribution in [0.25, 0.3) is 0 Å². The Bertz CT molecular complexity index is 1650. The molecule has 5 rings (SSSR count). The van der Waals surface area contributed by atoms with Gasteiger partial charge < -0.3 is 97.3 Å². The number of rotatable bonds is 16. The van der Waals surface area contributed by atoms with Gasteiger partial charge in [0, 0.05) is 19.1 Å². The third-order valence-electron chi connectivity index (χ3n) is 10.5. The minimum Gasteiger partial charge on any atom is -0.445 e. The predicted octanol–water partition coefficient (Wildman–Crippen LogP) is -4.52. The zero-order chi connectivity index (χ0) is 43.5. The second kappa shape index (κ2) is 22.1. The zero-order valence-electron chi connectivity index (χ0n) is 32.5. The summed E-state index contributed by atoms with van der Waals surface area (Å²) in [7, 11) is 0. The summed E-state index contributed by atoms with van der Waals surface area (Å²) in [6.45, 7) is -1.29. The van der Waals surface area contributed by atoms with Crippen molar-refractivity contribution < 1.29 is 78.6 Å². The van der Waals surface area contributed by atoms with Gasteiger partial charge in [0.25, 0.3) is 0 Å². The average Bonchev–Trinajstić information content (AvgIpc) is 3.25. The van der Waals surface area contributed by atoms with Crippen LogP contribution in [0.4, 0.5) is 9.59 Å². The summed E-state index contributed by atoms with van der Waals surface area (Å²) in [4.78, 5) is 37.8. The minimum atomic E-state index is -1.81. The van der Waals surface area contributed by atoms with E-state index in [2.05, 4.69) is 16.0 Å². The number of alkyl carbamates (subject to hydrolysis) is 2. The van der Waals surface area contributed by atoms with Crippen molar-refractivity contribution in [3.8, 4) is 0 Å². The number of aliphatic hydroxyl groups excluding tert-OH is 7. The normalized spacial score (nSPS) is 34.8. The van der Waals surface area contributed by atoms with E-state index < -0.39 is 122 Å². The summed E-state index contributed by atoms with van der Waals surface area (Å²) >= 11 is 0. The highest BCUT2D eigenvalue weighted by Crippen LogP contribution is 2.32. The highest BCUT2D eigenvalue weighted by Gasteiger charge is 2.52. The van der Waals surface area contributed by atoms with Crippen molar-refractivity contribution in [2.75, 3.05) is 19.7 Å². The molecule has 3 fully saturated rings. The van der Waals surface area contributed by atoms with Gasteiger partial charge in [-0.15, -0.1) is 0 Å². The van der Waals surface area contributed by atoms with Crippen LogP contribution >= 0.6 is 0 Å². The van der Waals surface area contributed by atoms with Crippen LogP contribution in [0.1, 0.15) is 24.0 Å². The Morgan fingerprint density at radius 2 is 1.27 bits per heavy atom. The standard InChI is InChI=1S/C38H56N6O16/c39-20-13-21(44-34(52)22(46)11-12-42-37(53)55-16-18-7-3-1-4-8-18)33(60-36-30(50)25(40)27(47)24(15-45)58-36)31(51)32(20)59-35-26(41)29(49)28(48)23(57-35)14-43-38(54)56-17-19-9-5-2-6-10-19/h1-10,20-33,35-36,45-51H,11-17,39-41H2,(H,42,53)(H,43,54)(H,44,52)/t20-,21+,22-,23+,24+,25-,26+,27+,28+,29+,30+,31-,32+,33-,35+,36+/m0/s1. The van der Waals surface area contributed by atoms with E-state index in [1.165, 1.54) is 0 Å². The fraction of sp³-hybridized carbons (Fsp3) is 0.605. The van der Waals surface area contributed by atoms with Gasteiger partial charge in [0.15, 0.2) is 12.6 Å². The third kappa shape index (κ3) is 12.3. The summed E-state index contributed by atoms with van der Waals surface area (Å²) < 4.78 is 33.8. The van der Waals surface area contributed by atoms with E-state index in [1.807, 2.05) is 6.07 Å². The quantitative estimate of drug-likeness (QED) is 0.0756. The van der Waals surface area contributed by atoms with Crippen molar-refractivity contribution >= 4 is 18.1 Å². The molecule has 0 aromatic heterocycles. The van der Waals surface area contributed by atoms with E-state index in [0.717, 1.165) is 11.1 Å². The molecule has 16 N–H and O–H groups in total. The molecule has 0 unspecified atom stereocenters. The molecule has 16 atom stereocenters. The van der Waals surface area contributed by atoms with Gasteiger partial charge in [-0.1, -0.05) is 60.7 Å². The van der Waals surface area contributed by atoms with E-state index in [4.69, 9.17) is 45.6 Å². The number of carbonyl (C=O) groups is 3. The number of amides is 3. The first-order valence-corrected chi connectivity index (χ1v) is 19.5. The summed E-state index contributed by atoms with van der Waals surface area (Å²) in [5.74, 6) is -0.954. The van der Waals surface area contributed by atoms with Crippen LogP contribution in [0.5, 0.6) is 0 Å². The fourth-order valence-corrected chi connectivity index (χ4v) is 6.97. The molecule has 2 aromatic rings. The molecule has 334 valence electrons. The summed E-state index contributed by atoms with van der Waals surface area (Å²) in [6, 6.07) is 12.6. The number of hydrogen-bond donors (Lipinski definition) is 13. The van der Waals surface area contributed by atoms with Gasteiger partial charge in [-0.2, -0.15) is 0 Å². The Kier molecular flexibility index (Phi) is 17.3. The van der Waals surface area contributed by atoms with Crippen molar-refractivity contribution in [1.82, 2.24) is 16.0 Å². The van der Waals surface area contributed by atoms with Gasteiger partial charge in [-0.25, -0.2) is 9.59 Å². The van der Waals surface area contributed by atoms with Gasteiger partial charge in [0.2, 0.25) is 5.91 Å². The van der Waals surface area contributed by atoms with Crippen LogP contribution in [0, 0.1) is 0 Å². The number of carbonyl (C=O) groups excluding carboxylic acids is 3. The Morgan fingerprint density at radius 1 is 0.700 bits per heavy atom. The maximum atomic E-state index is 13.3. The SMILES string of the molecule is N[C@@H]1[C@@H](O)[C@@H](O[C@@H]2[C@@H](O)[C@H](O[C@H]3O[C@H](CNC(=O)OCc4ccccc4)[C@@H](O)[C@H](O)[C@H]3N)[C@@H](N)C[C@H]2NC(=O)[C@@H](O)CCNC(=O)OCc2ccccc2)O[C@H](CO)[C@H]1O. The van der Waals surface area contributed by atoms with Crippen molar-refractivity contribution in [2.45, 2.75) is 124 Å². The monoisotopic (exact) mass is 852 g/mol. The first kappa shape index (κ1) is 46.9. The summed E-state index contributed by atoms with van der Waals surface area (Å²) in [5, 5.41) is 82.5. The molecule has 3 amide bonds. The molecule has 60 heavy (non-hydrogen) atoms. The molecule has 2 heterocycles. The van der Waals surface area contributed by atoms with Gasteiger partial charge >= 0.3 is 12.2 Å². The molecule has 3 aliphatic rings. The predicted molar refractivity (Wildman–Crippen MR) is 205 cm³/mol. The summed E-state index contributed by atoms with van der Waals surface area (Å²) in [6.07, 6.45) is -20.9. The number of nitrogens with two attached hydrogens (primary N) is 3. The third-order valence-corrected chi connectivity index (χ3v) is 10.5. The lowest BCUT2D eigenvalue weighted by molar-refractivity contribution is -0.319. The second-order valence-corrected chi connectivity index (χ2v) is 14.8.